The number of benzene rings is 1. The molecule has 144 valence electrons. The third-order valence-electron chi connectivity index (χ3n) is 4.35. The van der Waals surface area contributed by atoms with Crippen molar-refractivity contribution < 1.29 is 19.4 Å². The summed E-state index contributed by atoms with van der Waals surface area (Å²) in [4.78, 5) is 15.6. The Morgan fingerprint density at radius 1 is 1.33 bits per heavy atom. The van der Waals surface area contributed by atoms with Gasteiger partial charge < -0.3 is 23.7 Å². The summed E-state index contributed by atoms with van der Waals surface area (Å²) >= 11 is 0. The lowest BCUT2D eigenvalue weighted by Crippen LogP contribution is -2.16. The van der Waals surface area contributed by atoms with E-state index in [1.165, 1.54) is 11.8 Å². The van der Waals surface area contributed by atoms with E-state index in [0.29, 0.717) is 26.2 Å². The zero-order valence-electron chi connectivity index (χ0n) is 15.7. The molecular formula is C20H25N3O4. The highest BCUT2D eigenvalue weighted by molar-refractivity contribution is 5.86. The molecule has 0 aliphatic carbocycles. The number of nitrogens with zero attached hydrogens (tertiary/aromatic N) is 3. The maximum Gasteiger partial charge on any atom is 0.358 e. The van der Waals surface area contributed by atoms with E-state index in [4.69, 9.17) is 9.47 Å². The van der Waals surface area contributed by atoms with Crippen LogP contribution in [0, 0.1) is 0 Å². The molecule has 0 unspecified atom stereocenters. The number of imidazole rings is 1. The van der Waals surface area contributed by atoms with Crippen LogP contribution in [0.15, 0.2) is 43.0 Å². The Morgan fingerprint density at radius 2 is 2.19 bits per heavy atom. The fourth-order valence-electron chi connectivity index (χ4n) is 2.96. The molecule has 0 bridgehead atoms. The first-order valence-corrected chi connectivity index (χ1v) is 9.11. The minimum Gasteiger partial charge on any atom is -0.494 e. The van der Waals surface area contributed by atoms with E-state index < -0.39 is 12.1 Å². The zero-order valence-corrected chi connectivity index (χ0v) is 15.7. The van der Waals surface area contributed by atoms with Gasteiger partial charge in [-0.1, -0.05) is 0 Å². The molecule has 0 aliphatic rings. The van der Waals surface area contributed by atoms with Crippen molar-refractivity contribution in [2.24, 2.45) is 7.05 Å². The molecule has 27 heavy (non-hydrogen) atoms. The van der Waals surface area contributed by atoms with Crippen LogP contribution in [0.1, 0.15) is 30.3 Å². The van der Waals surface area contributed by atoms with Gasteiger partial charge in [0.2, 0.25) is 0 Å². The standard InChI is InChI=1S/C20H25N3O4/c1-3-26-20(25)18-13-23(14-21-18)12-16(24)5-4-10-27-17-6-7-19-15(11-17)8-9-22(19)2/h6-9,11,13-14,16,24H,3-5,10,12H2,1-2H3/t16-/m0/s1. The van der Waals surface area contributed by atoms with Crippen LogP contribution in [0.2, 0.25) is 0 Å². The van der Waals surface area contributed by atoms with E-state index in [1.54, 1.807) is 17.7 Å². The van der Waals surface area contributed by atoms with E-state index in [0.717, 1.165) is 17.6 Å². The maximum atomic E-state index is 11.6. The van der Waals surface area contributed by atoms with Gasteiger partial charge in [0.15, 0.2) is 5.69 Å². The number of fused-ring (bicyclic) bond motifs is 1. The van der Waals surface area contributed by atoms with Crippen LogP contribution in [0.25, 0.3) is 10.9 Å². The van der Waals surface area contributed by atoms with E-state index in [1.807, 2.05) is 31.4 Å². The normalized spacial score (nSPS) is 12.3. The number of hydrogen-bond donors (Lipinski definition) is 1. The van der Waals surface area contributed by atoms with Crippen LogP contribution in [0.4, 0.5) is 0 Å². The second-order valence-electron chi connectivity index (χ2n) is 6.47. The van der Waals surface area contributed by atoms with Gasteiger partial charge in [0.05, 0.1) is 25.6 Å². The van der Waals surface area contributed by atoms with Gasteiger partial charge in [-0.2, -0.15) is 0 Å². The first kappa shape index (κ1) is 19.0. The maximum absolute atomic E-state index is 11.6. The summed E-state index contributed by atoms with van der Waals surface area (Å²) in [5.74, 6) is 0.381. The summed E-state index contributed by atoms with van der Waals surface area (Å²) in [6.45, 7) is 2.97. The molecule has 0 radical (unpaired) electrons. The molecule has 7 heteroatoms. The first-order valence-electron chi connectivity index (χ1n) is 9.11. The van der Waals surface area contributed by atoms with E-state index >= 15 is 0 Å². The number of carbonyl (C=O) groups is 1. The lowest BCUT2D eigenvalue weighted by Gasteiger charge is -2.12. The van der Waals surface area contributed by atoms with Crippen molar-refractivity contribution in [1.82, 2.24) is 14.1 Å². The van der Waals surface area contributed by atoms with Crippen molar-refractivity contribution in [3.05, 3.63) is 48.7 Å². The lowest BCUT2D eigenvalue weighted by molar-refractivity contribution is 0.0519. The van der Waals surface area contributed by atoms with Crippen LogP contribution in [-0.2, 0) is 18.3 Å². The average molecular weight is 371 g/mol. The smallest absolute Gasteiger partial charge is 0.358 e. The minimum absolute atomic E-state index is 0.253. The molecule has 0 fully saturated rings. The van der Waals surface area contributed by atoms with Crippen LogP contribution < -0.4 is 4.74 Å². The molecule has 1 atom stereocenters. The van der Waals surface area contributed by atoms with Crippen LogP contribution in [0.5, 0.6) is 5.75 Å². The van der Waals surface area contributed by atoms with Crippen molar-refractivity contribution in [2.45, 2.75) is 32.4 Å². The summed E-state index contributed by atoms with van der Waals surface area (Å²) in [5, 5.41) is 11.3. The molecule has 0 amide bonds. The van der Waals surface area contributed by atoms with Crippen LogP contribution >= 0.6 is 0 Å². The number of carbonyl (C=O) groups excluding carboxylic acids is 1. The van der Waals surface area contributed by atoms with Gasteiger partial charge in [-0.3, -0.25) is 0 Å². The number of rotatable bonds is 9. The monoisotopic (exact) mass is 371 g/mol. The van der Waals surface area contributed by atoms with Crippen molar-refractivity contribution in [3.8, 4) is 5.75 Å². The molecule has 0 saturated carbocycles. The molecule has 2 heterocycles. The van der Waals surface area contributed by atoms with Crippen molar-refractivity contribution >= 4 is 16.9 Å². The highest BCUT2D eigenvalue weighted by atomic mass is 16.5. The molecule has 3 rings (SSSR count). The lowest BCUT2D eigenvalue weighted by atomic mass is 10.2. The Bertz CT molecular complexity index is 900. The fourth-order valence-corrected chi connectivity index (χ4v) is 2.96. The minimum atomic E-state index is -0.533. The summed E-state index contributed by atoms with van der Waals surface area (Å²) in [6, 6.07) is 8.08. The molecule has 1 N–H and O–H groups in total. The summed E-state index contributed by atoms with van der Waals surface area (Å²) in [7, 11) is 2.01. The van der Waals surface area contributed by atoms with E-state index in [-0.39, 0.29) is 5.69 Å². The molecule has 0 aliphatic heterocycles. The topological polar surface area (TPSA) is 78.5 Å². The van der Waals surface area contributed by atoms with E-state index in [9.17, 15) is 9.90 Å². The predicted octanol–water partition coefficient (Wildman–Crippen LogP) is 2.77. The van der Waals surface area contributed by atoms with Gasteiger partial charge in [-0.25, -0.2) is 9.78 Å². The Kier molecular flexibility index (Phi) is 6.13. The van der Waals surface area contributed by atoms with Crippen molar-refractivity contribution in [1.29, 1.82) is 0 Å². The van der Waals surface area contributed by atoms with Crippen LogP contribution in [-0.4, -0.2) is 44.5 Å². The largest absolute Gasteiger partial charge is 0.494 e. The third kappa shape index (κ3) is 4.89. The molecule has 2 aromatic heterocycles. The summed E-state index contributed by atoms with van der Waals surface area (Å²) < 4.78 is 14.5. The van der Waals surface area contributed by atoms with Gasteiger partial charge in [-0.15, -0.1) is 0 Å². The summed E-state index contributed by atoms with van der Waals surface area (Å²) in [6.07, 6.45) is 5.94. The van der Waals surface area contributed by atoms with E-state index in [2.05, 4.69) is 15.6 Å². The van der Waals surface area contributed by atoms with Crippen molar-refractivity contribution in [3.63, 3.8) is 0 Å². The second-order valence-corrected chi connectivity index (χ2v) is 6.47. The van der Waals surface area contributed by atoms with Crippen molar-refractivity contribution in [2.75, 3.05) is 13.2 Å². The molecule has 0 spiro atoms. The molecule has 1 aromatic carbocycles. The van der Waals surface area contributed by atoms with Crippen LogP contribution in [0.3, 0.4) is 0 Å². The molecule has 3 aromatic rings. The first-order chi connectivity index (χ1) is 13.1. The van der Waals surface area contributed by atoms with Gasteiger partial charge in [0.1, 0.15) is 5.75 Å². The number of aromatic nitrogens is 3. The van der Waals surface area contributed by atoms with Gasteiger partial charge in [0, 0.05) is 36.9 Å². The number of esters is 1. The molecular weight excluding hydrogens is 346 g/mol. The highest BCUT2D eigenvalue weighted by Gasteiger charge is 2.12. The molecule has 7 nitrogen and oxygen atoms in total. The average Bonchev–Trinajstić information content (AvgIpc) is 3.26. The SMILES string of the molecule is CCOC(=O)c1cn(C[C@@H](O)CCCOc2ccc3c(ccn3C)c2)cn1. The fraction of sp³-hybridized carbons (Fsp3) is 0.400. The Morgan fingerprint density at radius 3 is 3.00 bits per heavy atom. The third-order valence-corrected chi connectivity index (χ3v) is 4.35. The van der Waals surface area contributed by atoms with Gasteiger partial charge in [0.25, 0.3) is 0 Å². The zero-order chi connectivity index (χ0) is 19.2. The quantitative estimate of drug-likeness (QED) is 0.462. The second kappa shape index (κ2) is 8.73. The number of ether oxygens (including phenoxy) is 2. The Balaban J connectivity index is 1.41. The molecule has 0 saturated heterocycles. The van der Waals surface area contributed by atoms with Gasteiger partial charge >= 0.3 is 5.97 Å². The number of hydrogen-bond acceptors (Lipinski definition) is 5. The predicted molar refractivity (Wildman–Crippen MR) is 102 cm³/mol. The Labute approximate surface area is 158 Å². The number of aliphatic hydroxyl groups excluding tert-OH is 1. The number of aryl methyl sites for hydroxylation is 1. The Hall–Kier alpha value is -2.80. The number of aliphatic hydroxyl groups is 1. The highest BCUT2D eigenvalue weighted by Crippen LogP contribution is 2.21. The summed E-state index contributed by atoms with van der Waals surface area (Å²) in [5.41, 5.74) is 1.42. The van der Waals surface area contributed by atoms with Gasteiger partial charge in [-0.05, 0) is 44.0 Å².